The Labute approximate surface area is 170 Å². The van der Waals surface area contributed by atoms with E-state index in [2.05, 4.69) is 5.32 Å². The fourth-order valence-electron chi connectivity index (χ4n) is 2.46. The molecule has 0 aliphatic carbocycles. The molecule has 2 aromatic carbocycles. The van der Waals surface area contributed by atoms with Crippen molar-refractivity contribution in [2.45, 2.75) is 19.3 Å². The molecule has 0 saturated heterocycles. The molecule has 0 radical (unpaired) electrons. The molecule has 0 fully saturated rings. The van der Waals surface area contributed by atoms with Gasteiger partial charge in [-0.2, -0.15) is 26.3 Å². The average molecular weight is 452 g/mol. The number of amides is 1. The lowest BCUT2D eigenvalue weighted by Gasteiger charge is -2.15. The molecule has 0 atom stereocenters. The monoisotopic (exact) mass is 452 g/mol. The number of aryl methyl sites for hydroxylation is 1. The predicted molar refractivity (Wildman–Crippen MR) is 95.0 cm³/mol. The second kappa shape index (κ2) is 8.70. The van der Waals surface area contributed by atoms with E-state index in [1.54, 1.807) is 0 Å². The molecule has 2 aromatic rings. The number of carbonyl (C=O) groups excluding carboxylic acids is 1. The molecule has 168 valence electrons. The molecule has 0 spiro atoms. The van der Waals surface area contributed by atoms with Gasteiger partial charge in [-0.05, 0) is 30.7 Å². The van der Waals surface area contributed by atoms with E-state index >= 15 is 0 Å². The average Bonchev–Trinajstić information content (AvgIpc) is 2.65. The minimum absolute atomic E-state index is 0.0700. The van der Waals surface area contributed by atoms with Crippen molar-refractivity contribution in [2.24, 2.45) is 0 Å². The van der Waals surface area contributed by atoms with Crippen LogP contribution in [0.15, 0.2) is 30.3 Å². The van der Waals surface area contributed by atoms with Gasteiger partial charge in [-0.15, -0.1) is 0 Å². The third-order valence-electron chi connectivity index (χ3n) is 3.93. The zero-order valence-electron chi connectivity index (χ0n) is 15.9. The van der Waals surface area contributed by atoms with Crippen LogP contribution in [0.3, 0.4) is 0 Å². The number of halogens is 6. The van der Waals surface area contributed by atoms with Crippen LogP contribution in [-0.2, 0) is 17.1 Å². The highest BCUT2D eigenvalue weighted by molar-refractivity contribution is 5.93. The van der Waals surface area contributed by atoms with E-state index in [1.165, 1.54) is 6.92 Å². The van der Waals surface area contributed by atoms with Crippen LogP contribution in [0.25, 0.3) is 0 Å². The Morgan fingerprint density at radius 2 is 1.58 bits per heavy atom. The van der Waals surface area contributed by atoms with Crippen LogP contribution in [0.5, 0.6) is 11.5 Å². The lowest BCUT2D eigenvalue weighted by Crippen LogP contribution is -2.21. The highest BCUT2D eigenvalue weighted by atomic mass is 19.4. The van der Waals surface area contributed by atoms with Crippen LogP contribution in [0.1, 0.15) is 16.7 Å². The van der Waals surface area contributed by atoms with Gasteiger partial charge in [0.15, 0.2) is 12.4 Å². The lowest BCUT2D eigenvalue weighted by molar-refractivity contribution is -0.385. The summed E-state index contributed by atoms with van der Waals surface area (Å²) >= 11 is 0. The fourth-order valence-corrected chi connectivity index (χ4v) is 2.46. The Kier molecular flexibility index (Phi) is 6.67. The van der Waals surface area contributed by atoms with E-state index in [-0.39, 0.29) is 28.8 Å². The maximum absolute atomic E-state index is 12.9. The van der Waals surface area contributed by atoms with Gasteiger partial charge >= 0.3 is 18.0 Å². The molecule has 2 rings (SSSR count). The molecule has 0 aliphatic heterocycles. The summed E-state index contributed by atoms with van der Waals surface area (Å²) in [4.78, 5) is 22.3. The summed E-state index contributed by atoms with van der Waals surface area (Å²) in [5.41, 5.74) is -3.20. The molecule has 0 unspecified atom stereocenters. The first-order chi connectivity index (χ1) is 14.2. The topological polar surface area (TPSA) is 90.7 Å². The zero-order valence-corrected chi connectivity index (χ0v) is 15.9. The van der Waals surface area contributed by atoms with Crippen molar-refractivity contribution >= 4 is 17.3 Å². The van der Waals surface area contributed by atoms with Crippen LogP contribution >= 0.6 is 0 Å². The number of anilines is 1. The van der Waals surface area contributed by atoms with Crippen LogP contribution in [0.2, 0.25) is 0 Å². The molecule has 0 heterocycles. The number of nitrogens with one attached hydrogen (secondary N) is 1. The van der Waals surface area contributed by atoms with Crippen LogP contribution in [-0.4, -0.2) is 24.5 Å². The smallest absolute Gasteiger partial charge is 0.416 e. The van der Waals surface area contributed by atoms with Gasteiger partial charge in [0.05, 0.1) is 23.2 Å². The number of ether oxygens (including phenoxy) is 2. The molecular weight excluding hydrogens is 438 g/mol. The van der Waals surface area contributed by atoms with E-state index in [1.807, 2.05) is 0 Å². The van der Waals surface area contributed by atoms with Gasteiger partial charge in [-0.25, -0.2) is 0 Å². The van der Waals surface area contributed by atoms with E-state index < -0.39 is 46.7 Å². The molecule has 0 aromatic heterocycles. The molecule has 13 heteroatoms. The SMILES string of the molecule is COc1cc(NC(=O)COc2cc(C(F)(F)F)cc(C(F)(F)F)c2)c(C)cc1[N+](=O)[O-]. The number of hydrogen-bond acceptors (Lipinski definition) is 5. The standard InChI is InChI=1S/C18H14F6N2O5/c1-9-3-14(26(28)29)15(30-2)7-13(9)25-16(27)8-31-12-5-10(17(19,20)21)4-11(6-12)18(22,23)24/h3-7H,8H2,1-2H3,(H,25,27). The Balaban J connectivity index is 2.21. The summed E-state index contributed by atoms with van der Waals surface area (Å²) in [6, 6.07) is 2.87. The maximum Gasteiger partial charge on any atom is 0.416 e. The summed E-state index contributed by atoms with van der Waals surface area (Å²) in [5.74, 6) is -1.90. The van der Waals surface area contributed by atoms with Crippen molar-refractivity contribution in [3.63, 3.8) is 0 Å². The second-order valence-electron chi connectivity index (χ2n) is 6.17. The largest absolute Gasteiger partial charge is 0.490 e. The quantitative estimate of drug-likeness (QED) is 0.380. The normalized spacial score (nSPS) is 11.7. The summed E-state index contributed by atoms with van der Waals surface area (Å²) in [6.45, 7) is 0.517. The third kappa shape index (κ3) is 5.99. The van der Waals surface area contributed by atoms with Gasteiger partial charge < -0.3 is 14.8 Å². The second-order valence-corrected chi connectivity index (χ2v) is 6.17. The van der Waals surface area contributed by atoms with Crippen molar-refractivity contribution in [2.75, 3.05) is 19.0 Å². The zero-order chi connectivity index (χ0) is 23.6. The third-order valence-corrected chi connectivity index (χ3v) is 3.93. The van der Waals surface area contributed by atoms with Gasteiger partial charge in [-0.3, -0.25) is 14.9 Å². The number of nitrogens with zero attached hydrogens (tertiary/aromatic N) is 1. The van der Waals surface area contributed by atoms with Crippen molar-refractivity contribution in [3.05, 3.63) is 57.1 Å². The molecule has 31 heavy (non-hydrogen) atoms. The summed E-state index contributed by atoms with van der Waals surface area (Å²) in [5, 5.41) is 13.3. The van der Waals surface area contributed by atoms with Gasteiger partial charge in [0.25, 0.3) is 5.91 Å². The van der Waals surface area contributed by atoms with E-state index in [4.69, 9.17) is 9.47 Å². The van der Waals surface area contributed by atoms with Crippen LogP contribution < -0.4 is 14.8 Å². The van der Waals surface area contributed by atoms with Gasteiger partial charge in [0, 0.05) is 17.8 Å². The van der Waals surface area contributed by atoms with E-state index in [9.17, 15) is 41.3 Å². The maximum atomic E-state index is 12.9. The summed E-state index contributed by atoms with van der Waals surface area (Å²) < 4.78 is 86.9. The predicted octanol–water partition coefficient (Wildman–Crippen LogP) is 4.97. The molecule has 1 N–H and O–H groups in total. The highest BCUT2D eigenvalue weighted by Crippen LogP contribution is 2.38. The summed E-state index contributed by atoms with van der Waals surface area (Å²) in [7, 11) is 1.16. The molecule has 0 aliphatic rings. The number of rotatable bonds is 6. The number of alkyl halides is 6. The van der Waals surface area contributed by atoms with Gasteiger partial charge in [0.2, 0.25) is 0 Å². The van der Waals surface area contributed by atoms with Crippen LogP contribution in [0.4, 0.5) is 37.7 Å². The first kappa shape index (κ1) is 23.8. The molecule has 1 amide bonds. The van der Waals surface area contributed by atoms with E-state index in [0.29, 0.717) is 12.1 Å². The number of methoxy groups -OCH3 is 1. The number of nitro groups is 1. The first-order valence-corrected chi connectivity index (χ1v) is 8.27. The number of carbonyl (C=O) groups is 1. The molecule has 0 bridgehead atoms. The van der Waals surface area contributed by atoms with Crippen molar-refractivity contribution in [3.8, 4) is 11.5 Å². The first-order valence-electron chi connectivity index (χ1n) is 8.27. The van der Waals surface area contributed by atoms with Crippen LogP contribution in [0, 0.1) is 17.0 Å². The Hall–Kier alpha value is -3.51. The summed E-state index contributed by atoms with van der Waals surface area (Å²) in [6.07, 6.45) is -10.1. The van der Waals surface area contributed by atoms with Gasteiger partial charge in [0.1, 0.15) is 5.75 Å². The highest BCUT2D eigenvalue weighted by Gasteiger charge is 2.37. The minimum atomic E-state index is -5.06. The van der Waals surface area contributed by atoms with E-state index in [0.717, 1.165) is 19.2 Å². The Morgan fingerprint density at radius 1 is 1.03 bits per heavy atom. The Bertz CT molecular complexity index is 972. The van der Waals surface area contributed by atoms with Crippen molar-refractivity contribution < 1.29 is 45.5 Å². The fraction of sp³-hybridized carbons (Fsp3) is 0.278. The number of nitro benzene ring substituents is 1. The number of benzene rings is 2. The molecule has 7 nitrogen and oxygen atoms in total. The van der Waals surface area contributed by atoms with Crippen molar-refractivity contribution in [1.29, 1.82) is 0 Å². The minimum Gasteiger partial charge on any atom is -0.490 e. The molecule has 0 saturated carbocycles. The number of hydrogen-bond donors (Lipinski definition) is 1. The van der Waals surface area contributed by atoms with Crippen molar-refractivity contribution in [1.82, 2.24) is 0 Å². The van der Waals surface area contributed by atoms with Gasteiger partial charge in [-0.1, -0.05) is 0 Å². The Morgan fingerprint density at radius 3 is 2.03 bits per heavy atom. The lowest BCUT2D eigenvalue weighted by atomic mass is 10.1. The molecular formula is C18H14F6N2O5.